The lowest BCUT2D eigenvalue weighted by Gasteiger charge is -2.26. The van der Waals surface area contributed by atoms with E-state index in [2.05, 4.69) is 20.2 Å². The molecule has 7 nitrogen and oxygen atoms in total. The van der Waals surface area contributed by atoms with E-state index < -0.39 is 0 Å². The molecule has 3 aromatic rings. The van der Waals surface area contributed by atoms with Gasteiger partial charge in [-0.05, 0) is 30.9 Å². The highest BCUT2D eigenvalue weighted by molar-refractivity contribution is 7.22. The van der Waals surface area contributed by atoms with Gasteiger partial charge in [0.1, 0.15) is 5.75 Å². The van der Waals surface area contributed by atoms with Crippen LogP contribution in [0.25, 0.3) is 10.2 Å². The molecular formula is C22H27N5O2S. The maximum Gasteiger partial charge on any atom is 0.228 e. The van der Waals surface area contributed by atoms with Gasteiger partial charge < -0.3 is 19.7 Å². The number of nitrogens with zero attached hydrogens (tertiary/aromatic N) is 4. The van der Waals surface area contributed by atoms with Crippen LogP contribution in [0.4, 0.5) is 11.1 Å². The fourth-order valence-electron chi connectivity index (χ4n) is 4.09. The number of nitrogens with one attached hydrogen (secondary N) is 1. The minimum Gasteiger partial charge on any atom is -0.439 e. The number of morpholine rings is 1. The summed E-state index contributed by atoms with van der Waals surface area (Å²) >= 11 is 1.68. The van der Waals surface area contributed by atoms with Crippen LogP contribution in [-0.2, 0) is 4.74 Å². The second-order valence-corrected chi connectivity index (χ2v) is 8.96. The van der Waals surface area contributed by atoms with E-state index in [1.165, 1.54) is 32.1 Å². The molecule has 3 heterocycles. The van der Waals surface area contributed by atoms with E-state index in [0.29, 0.717) is 25.0 Å². The SMILES string of the molecule is c1cc(Oc2ccc3nc(NCC4CCCCC4)sc3c2)nc(N2CCOCC2)n1. The lowest BCUT2D eigenvalue weighted by molar-refractivity contribution is 0.122. The molecule has 1 aliphatic carbocycles. The van der Waals surface area contributed by atoms with Gasteiger partial charge in [-0.25, -0.2) is 9.97 Å². The summed E-state index contributed by atoms with van der Waals surface area (Å²) in [6.07, 6.45) is 8.53. The largest absolute Gasteiger partial charge is 0.439 e. The first-order valence-electron chi connectivity index (χ1n) is 10.8. The van der Waals surface area contributed by atoms with Gasteiger partial charge in [-0.2, -0.15) is 4.98 Å². The first-order chi connectivity index (χ1) is 14.8. The van der Waals surface area contributed by atoms with Gasteiger partial charge >= 0.3 is 0 Å². The van der Waals surface area contributed by atoms with Gasteiger partial charge in [-0.15, -0.1) is 0 Å². The predicted octanol–water partition coefficient (Wildman–Crippen LogP) is 4.71. The highest BCUT2D eigenvalue weighted by Crippen LogP contribution is 2.32. The van der Waals surface area contributed by atoms with Crippen molar-refractivity contribution in [2.75, 3.05) is 43.1 Å². The summed E-state index contributed by atoms with van der Waals surface area (Å²) in [4.78, 5) is 15.8. The Hall–Kier alpha value is -2.45. The van der Waals surface area contributed by atoms with Gasteiger partial charge in [0, 0.05) is 38.0 Å². The molecule has 5 rings (SSSR count). The second kappa shape index (κ2) is 9.14. The third-order valence-corrected chi connectivity index (χ3v) is 6.74. The normalized spacial score (nSPS) is 17.9. The van der Waals surface area contributed by atoms with Crippen LogP contribution in [0.3, 0.4) is 0 Å². The fraction of sp³-hybridized carbons (Fsp3) is 0.500. The number of thiazole rings is 1. The fourth-order valence-corrected chi connectivity index (χ4v) is 4.99. The van der Waals surface area contributed by atoms with Crippen LogP contribution in [-0.4, -0.2) is 47.8 Å². The zero-order chi connectivity index (χ0) is 20.2. The number of aromatic nitrogens is 3. The smallest absolute Gasteiger partial charge is 0.228 e. The Morgan fingerprint density at radius 3 is 2.83 bits per heavy atom. The van der Waals surface area contributed by atoms with Crippen molar-refractivity contribution < 1.29 is 9.47 Å². The number of rotatable bonds is 6. The molecule has 0 radical (unpaired) electrons. The van der Waals surface area contributed by atoms with E-state index in [9.17, 15) is 0 Å². The standard InChI is InChI=1S/C22H27N5O2S/c1-2-4-16(5-3-1)15-24-22-25-18-7-6-17(14-19(18)30-22)29-20-8-9-23-21(26-20)27-10-12-28-13-11-27/h6-9,14,16H,1-5,10-13,15H2,(H,24,25). The molecule has 1 N–H and O–H groups in total. The number of fused-ring (bicyclic) bond motifs is 1. The molecule has 0 spiro atoms. The van der Waals surface area contributed by atoms with Crippen molar-refractivity contribution in [2.45, 2.75) is 32.1 Å². The molecule has 158 valence electrons. The Bertz CT molecular complexity index is 983. The molecule has 0 unspecified atom stereocenters. The molecule has 1 aliphatic heterocycles. The van der Waals surface area contributed by atoms with Crippen LogP contribution in [0.15, 0.2) is 30.5 Å². The summed E-state index contributed by atoms with van der Waals surface area (Å²) in [5.41, 5.74) is 0.996. The predicted molar refractivity (Wildman–Crippen MR) is 120 cm³/mol. The first kappa shape index (κ1) is 19.5. The Balaban J connectivity index is 1.26. The lowest BCUT2D eigenvalue weighted by atomic mass is 9.89. The van der Waals surface area contributed by atoms with Crippen LogP contribution in [0.2, 0.25) is 0 Å². The van der Waals surface area contributed by atoms with E-state index in [0.717, 1.165) is 46.6 Å². The Morgan fingerprint density at radius 1 is 1.10 bits per heavy atom. The number of benzene rings is 1. The van der Waals surface area contributed by atoms with Crippen LogP contribution in [0.1, 0.15) is 32.1 Å². The van der Waals surface area contributed by atoms with Crippen molar-refractivity contribution in [1.82, 2.24) is 15.0 Å². The van der Waals surface area contributed by atoms with Crippen molar-refractivity contribution in [3.8, 4) is 11.6 Å². The highest BCUT2D eigenvalue weighted by atomic mass is 32.1. The van der Waals surface area contributed by atoms with E-state index in [-0.39, 0.29) is 0 Å². The third kappa shape index (κ3) is 4.65. The molecule has 1 aromatic carbocycles. The minimum absolute atomic E-state index is 0.547. The summed E-state index contributed by atoms with van der Waals surface area (Å²) in [5.74, 6) is 2.77. The zero-order valence-electron chi connectivity index (χ0n) is 17.0. The van der Waals surface area contributed by atoms with Crippen molar-refractivity contribution in [1.29, 1.82) is 0 Å². The van der Waals surface area contributed by atoms with Crippen molar-refractivity contribution in [3.05, 3.63) is 30.5 Å². The average Bonchev–Trinajstić information content (AvgIpc) is 3.21. The molecule has 8 heteroatoms. The van der Waals surface area contributed by atoms with Crippen molar-refractivity contribution >= 4 is 32.6 Å². The molecule has 0 atom stereocenters. The number of hydrogen-bond donors (Lipinski definition) is 1. The summed E-state index contributed by atoms with van der Waals surface area (Å²) < 4.78 is 12.5. The van der Waals surface area contributed by atoms with Gasteiger partial charge in [-0.3, -0.25) is 0 Å². The maximum absolute atomic E-state index is 6.03. The van der Waals surface area contributed by atoms with Crippen molar-refractivity contribution in [2.24, 2.45) is 5.92 Å². The summed E-state index contributed by atoms with van der Waals surface area (Å²) in [7, 11) is 0. The molecule has 30 heavy (non-hydrogen) atoms. The van der Waals surface area contributed by atoms with Gasteiger partial charge in [0.2, 0.25) is 11.8 Å². The Morgan fingerprint density at radius 2 is 1.97 bits per heavy atom. The quantitative estimate of drug-likeness (QED) is 0.613. The van der Waals surface area contributed by atoms with E-state index in [4.69, 9.17) is 14.5 Å². The molecule has 2 aliphatic rings. The van der Waals surface area contributed by atoms with Crippen LogP contribution in [0.5, 0.6) is 11.6 Å². The average molecular weight is 426 g/mol. The molecule has 1 saturated carbocycles. The van der Waals surface area contributed by atoms with Gasteiger partial charge in [0.05, 0.1) is 23.4 Å². The lowest BCUT2D eigenvalue weighted by Crippen LogP contribution is -2.37. The molecule has 0 amide bonds. The second-order valence-electron chi connectivity index (χ2n) is 7.93. The van der Waals surface area contributed by atoms with Gasteiger partial charge in [-0.1, -0.05) is 30.6 Å². The minimum atomic E-state index is 0.547. The van der Waals surface area contributed by atoms with Gasteiger partial charge in [0.15, 0.2) is 5.13 Å². The summed E-state index contributed by atoms with van der Waals surface area (Å²) in [6, 6.07) is 7.79. The first-order valence-corrected chi connectivity index (χ1v) is 11.6. The van der Waals surface area contributed by atoms with E-state index in [1.807, 2.05) is 18.2 Å². The van der Waals surface area contributed by atoms with Crippen molar-refractivity contribution in [3.63, 3.8) is 0 Å². The van der Waals surface area contributed by atoms with E-state index >= 15 is 0 Å². The summed E-state index contributed by atoms with van der Waals surface area (Å²) in [5, 5.41) is 4.54. The molecule has 1 saturated heterocycles. The van der Waals surface area contributed by atoms with E-state index in [1.54, 1.807) is 23.6 Å². The highest BCUT2D eigenvalue weighted by Gasteiger charge is 2.16. The molecule has 2 aromatic heterocycles. The summed E-state index contributed by atoms with van der Waals surface area (Å²) in [6.45, 7) is 4.02. The monoisotopic (exact) mass is 425 g/mol. The Labute approximate surface area is 180 Å². The number of ether oxygens (including phenoxy) is 2. The molecular weight excluding hydrogens is 398 g/mol. The Kier molecular flexibility index (Phi) is 5.94. The van der Waals surface area contributed by atoms with Crippen LogP contribution < -0.4 is 15.0 Å². The number of anilines is 2. The van der Waals surface area contributed by atoms with Gasteiger partial charge in [0.25, 0.3) is 0 Å². The zero-order valence-corrected chi connectivity index (χ0v) is 17.9. The van der Waals surface area contributed by atoms with Crippen LogP contribution >= 0.6 is 11.3 Å². The molecule has 0 bridgehead atoms. The van der Waals surface area contributed by atoms with Crippen LogP contribution in [0, 0.1) is 5.92 Å². The third-order valence-electron chi connectivity index (χ3n) is 5.76. The number of hydrogen-bond acceptors (Lipinski definition) is 8. The molecule has 2 fully saturated rings. The topological polar surface area (TPSA) is 72.4 Å². The maximum atomic E-state index is 6.03.